The molecule has 0 radical (unpaired) electrons. The summed E-state index contributed by atoms with van der Waals surface area (Å²) < 4.78 is 2.14. The number of rotatable bonds is 8. The topological polar surface area (TPSA) is 40.4 Å². The molecule has 1 atom stereocenters. The van der Waals surface area contributed by atoms with Crippen LogP contribution in [0.15, 0.2) is 36.4 Å². The Morgan fingerprint density at radius 1 is 1.04 bits per heavy atom. The fourth-order valence-corrected chi connectivity index (χ4v) is 3.65. The maximum absolute atomic E-state index is 10.5. The fourth-order valence-electron chi connectivity index (χ4n) is 3.31. The van der Waals surface area contributed by atoms with E-state index in [1.54, 1.807) is 0 Å². The number of aromatic nitrogens is 1. The van der Waals surface area contributed by atoms with Gasteiger partial charge in [0.05, 0.1) is 12.6 Å². The van der Waals surface area contributed by atoms with Crippen LogP contribution >= 0.6 is 23.2 Å². The number of halogens is 2. The van der Waals surface area contributed by atoms with Crippen LogP contribution in [-0.2, 0) is 6.54 Å². The van der Waals surface area contributed by atoms with Gasteiger partial charge in [-0.1, -0.05) is 23.2 Å². The number of nitrogens with zero attached hydrogens (tertiary/aromatic N) is 2. The van der Waals surface area contributed by atoms with Crippen molar-refractivity contribution in [3.8, 4) is 0 Å². The predicted molar refractivity (Wildman–Crippen MR) is 112 cm³/mol. The first-order chi connectivity index (χ1) is 12.5. The lowest BCUT2D eigenvalue weighted by Gasteiger charge is -2.15. The van der Waals surface area contributed by atoms with E-state index in [4.69, 9.17) is 23.2 Å². The molecule has 1 heterocycles. The van der Waals surface area contributed by atoms with Gasteiger partial charge in [0.15, 0.2) is 0 Å². The van der Waals surface area contributed by atoms with Crippen molar-refractivity contribution in [2.45, 2.75) is 19.1 Å². The lowest BCUT2D eigenvalue weighted by atomic mass is 10.1. The SMILES string of the molecule is CN(C)CCCNC[C@@H](O)Cn1c2ccc(Cl)cc2c2cc(Cl)ccc21. The Labute approximate surface area is 164 Å². The normalized spacial score (nSPS) is 13.2. The summed E-state index contributed by atoms with van der Waals surface area (Å²) in [5.74, 6) is 0. The summed E-state index contributed by atoms with van der Waals surface area (Å²) in [5.41, 5.74) is 2.11. The number of hydrogen-bond acceptors (Lipinski definition) is 3. The lowest BCUT2D eigenvalue weighted by molar-refractivity contribution is 0.154. The largest absolute Gasteiger partial charge is 0.390 e. The molecule has 0 spiro atoms. The average Bonchev–Trinajstić information content (AvgIpc) is 2.87. The molecule has 0 aliphatic rings. The van der Waals surface area contributed by atoms with Crippen molar-refractivity contribution in [3.05, 3.63) is 46.4 Å². The highest BCUT2D eigenvalue weighted by atomic mass is 35.5. The maximum Gasteiger partial charge on any atom is 0.0843 e. The quantitative estimate of drug-likeness (QED) is 0.568. The Hall–Kier alpha value is -1.30. The van der Waals surface area contributed by atoms with Crippen molar-refractivity contribution in [2.24, 2.45) is 0 Å². The summed E-state index contributed by atoms with van der Waals surface area (Å²) >= 11 is 12.4. The summed E-state index contributed by atoms with van der Waals surface area (Å²) in [5, 5.41) is 17.3. The smallest absolute Gasteiger partial charge is 0.0843 e. The first kappa shape index (κ1) is 19.5. The molecular formula is C20H25Cl2N3O. The van der Waals surface area contributed by atoms with Gasteiger partial charge in [0.25, 0.3) is 0 Å². The zero-order valence-electron chi connectivity index (χ0n) is 15.2. The van der Waals surface area contributed by atoms with E-state index in [1.165, 1.54) is 0 Å². The lowest BCUT2D eigenvalue weighted by Crippen LogP contribution is -2.31. The second-order valence-corrected chi connectivity index (χ2v) is 7.82. The van der Waals surface area contributed by atoms with Gasteiger partial charge in [0, 0.05) is 38.4 Å². The van der Waals surface area contributed by atoms with Crippen molar-refractivity contribution in [3.63, 3.8) is 0 Å². The van der Waals surface area contributed by atoms with Gasteiger partial charge < -0.3 is 19.9 Å². The molecule has 0 fully saturated rings. The summed E-state index contributed by atoms with van der Waals surface area (Å²) in [4.78, 5) is 2.16. The fraction of sp³-hybridized carbons (Fsp3) is 0.400. The molecule has 2 aromatic carbocycles. The molecule has 0 amide bonds. The van der Waals surface area contributed by atoms with Crippen molar-refractivity contribution >= 4 is 45.0 Å². The van der Waals surface area contributed by atoms with Crippen molar-refractivity contribution in [2.75, 3.05) is 33.7 Å². The molecule has 1 aromatic heterocycles. The van der Waals surface area contributed by atoms with Crippen LogP contribution in [-0.4, -0.2) is 54.4 Å². The van der Waals surface area contributed by atoms with E-state index in [2.05, 4.69) is 28.9 Å². The molecule has 3 rings (SSSR count). The second-order valence-electron chi connectivity index (χ2n) is 6.95. The van der Waals surface area contributed by atoms with E-state index in [-0.39, 0.29) is 0 Å². The standard InChI is InChI=1S/C20H25Cl2N3O/c1-24(2)9-3-8-23-12-16(26)13-25-19-6-4-14(21)10-17(19)18-11-15(22)5-7-20(18)25/h4-7,10-11,16,23,26H,3,8-9,12-13H2,1-2H3/t16-/m1/s1. The second kappa shape index (κ2) is 8.59. The van der Waals surface area contributed by atoms with E-state index in [0.29, 0.717) is 23.1 Å². The summed E-state index contributed by atoms with van der Waals surface area (Å²) in [7, 11) is 4.13. The van der Waals surface area contributed by atoms with Gasteiger partial charge in [-0.2, -0.15) is 0 Å². The highest BCUT2D eigenvalue weighted by molar-refractivity contribution is 6.33. The first-order valence-electron chi connectivity index (χ1n) is 8.86. The summed E-state index contributed by atoms with van der Waals surface area (Å²) in [6.45, 7) is 3.02. The molecule has 26 heavy (non-hydrogen) atoms. The third kappa shape index (κ3) is 4.51. The van der Waals surface area contributed by atoms with Gasteiger partial charge in [-0.25, -0.2) is 0 Å². The van der Waals surface area contributed by atoms with Crippen LogP contribution in [0.25, 0.3) is 21.8 Å². The molecule has 140 valence electrons. The molecular weight excluding hydrogens is 369 g/mol. The average molecular weight is 394 g/mol. The first-order valence-corrected chi connectivity index (χ1v) is 9.62. The van der Waals surface area contributed by atoms with Crippen molar-refractivity contribution < 1.29 is 5.11 Å². The molecule has 0 aliphatic carbocycles. The van der Waals surface area contributed by atoms with E-state index >= 15 is 0 Å². The third-order valence-electron chi connectivity index (χ3n) is 4.52. The van der Waals surface area contributed by atoms with Crippen LogP contribution in [0.2, 0.25) is 10.0 Å². The van der Waals surface area contributed by atoms with Gasteiger partial charge >= 0.3 is 0 Å². The maximum atomic E-state index is 10.5. The third-order valence-corrected chi connectivity index (χ3v) is 4.99. The molecule has 0 saturated heterocycles. The van der Waals surface area contributed by atoms with Crippen LogP contribution in [0.1, 0.15) is 6.42 Å². The Morgan fingerprint density at radius 3 is 2.15 bits per heavy atom. The zero-order chi connectivity index (χ0) is 18.7. The summed E-state index contributed by atoms with van der Waals surface area (Å²) in [6.07, 6.45) is 0.589. The minimum absolute atomic E-state index is 0.473. The van der Waals surface area contributed by atoms with Gasteiger partial charge in [-0.15, -0.1) is 0 Å². The van der Waals surface area contributed by atoms with E-state index in [0.717, 1.165) is 41.3 Å². The van der Waals surface area contributed by atoms with Crippen LogP contribution < -0.4 is 5.32 Å². The molecule has 4 nitrogen and oxygen atoms in total. The monoisotopic (exact) mass is 393 g/mol. The summed E-state index contributed by atoms with van der Waals surface area (Å²) in [6, 6.07) is 11.7. The van der Waals surface area contributed by atoms with Crippen molar-refractivity contribution in [1.82, 2.24) is 14.8 Å². The molecule has 6 heteroatoms. The Balaban J connectivity index is 1.78. The number of fused-ring (bicyclic) bond motifs is 3. The highest BCUT2D eigenvalue weighted by Crippen LogP contribution is 2.32. The number of benzene rings is 2. The van der Waals surface area contributed by atoms with Crippen LogP contribution in [0.3, 0.4) is 0 Å². The Bertz CT molecular complexity index is 832. The number of aliphatic hydroxyl groups excluding tert-OH is 1. The van der Waals surface area contributed by atoms with Crippen LogP contribution in [0.5, 0.6) is 0 Å². The van der Waals surface area contributed by atoms with Crippen molar-refractivity contribution in [1.29, 1.82) is 0 Å². The molecule has 0 saturated carbocycles. The molecule has 2 N–H and O–H groups in total. The van der Waals surface area contributed by atoms with Gasteiger partial charge in [-0.3, -0.25) is 0 Å². The Kier molecular flexibility index (Phi) is 6.43. The minimum atomic E-state index is -0.473. The molecule has 0 unspecified atom stereocenters. The predicted octanol–water partition coefficient (Wildman–Crippen LogP) is 4.00. The van der Waals surface area contributed by atoms with Crippen LogP contribution in [0.4, 0.5) is 0 Å². The minimum Gasteiger partial charge on any atom is -0.390 e. The zero-order valence-corrected chi connectivity index (χ0v) is 16.7. The van der Waals surface area contributed by atoms with Gasteiger partial charge in [0.2, 0.25) is 0 Å². The number of nitrogens with one attached hydrogen (secondary N) is 1. The van der Waals surface area contributed by atoms with E-state index in [1.807, 2.05) is 36.4 Å². The molecule has 3 aromatic rings. The molecule has 0 bridgehead atoms. The molecule has 0 aliphatic heterocycles. The van der Waals surface area contributed by atoms with Gasteiger partial charge in [0.1, 0.15) is 0 Å². The number of aliphatic hydroxyl groups is 1. The highest BCUT2D eigenvalue weighted by Gasteiger charge is 2.14. The number of hydrogen-bond donors (Lipinski definition) is 2. The Morgan fingerprint density at radius 2 is 1.62 bits per heavy atom. The van der Waals surface area contributed by atoms with Crippen LogP contribution in [0, 0.1) is 0 Å². The van der Waals surface area contributed by atoms with Gasteiger partial charge in [-0.05, 0) is 70.0 Å². The van der Waals surface area contributed by atoms with E-state index in [9.17, 15) is 5.11 Å². The van der Waals surface area contributed by atoms with E-state index < -0.39 is 6.10 Å².